The first-order valence-electron chi connectivity index (χ1n) is 0.623. The third kappa shape index (κ3) is 29.8. The maximum Gasteiger partial charge on any atom is 0.154 e. The van der Waals surface area contributed by atoms with Gasteiger partial charge in [0.25, 0.3) is 0 Å². The molecule has 0 aromatic heterocycles. The molecule has 0 atom stereocenters. The van der Waals surface area contributed by atoms with Crippen molar-refractivity contribution >= 4 is 12.4 Å². The fourth-order valence-electron chi connectivity index (χ4n) is 0. The molecule has 5 heteroatoms. The van der Waals surface area contributed by atoms with Crippen molar-refractivity contribution in [1.82, 2.24) is 0 Å². The lowest BCUT2D eigenvalue weighted by molar-refractivity contribution is -0.491. The summed E-state index contributed by atoms with van der Waals surface area (Å²) in [5, 5.41) is 7.58. The van der Waals surface area contributed by atoms with E-state index in [2.05, 4.69) is 5.84 Å². The number of hydrogen-bond donors (Lipinski definition) is 1. The van der Waals surface area contributed by atoms with E-state index in [1.54, 1.807) is 0 Å². The number of halogens is 1. The van der Waals surface area contributed by atoms with Crippen LogP contribution in [-0.4, -0.2) is 5.03 Å². The van der Waals surface area contributed by atoms with Crippen LogP contribution in [0, 0.1) is 10.1 Å². The molecule has 0 rings (SSSR count). The van der Waals surface area contributed by atoms with Gasteiger partial charge in [0.05, 0.1) is 0 Å². The molecular formula is H3ClN2O2. The maximum atomic E-state index is 8.58. The van der Waals surface area contributed by atoms with Crippen molar-refractivity contribution in [2.75, 3.05) is 0 Å². The van der Waals surface area contributed by atoms with E-state index in [1.165, 1.54) is 0 Å². The largest absolute Gasteiger partial charge is 0.235 e. The zero-order chi connectivity index (χ0) is 3.58. The Morgan fingerprint density at radius 3 is 1.80 bits per heavy atom. The smallest absolute Gasteiger partial charge is 0.154 e. The van der Waals surface area contributed by atoms with Gasteiger partial charge in [-0.05, 0) is 0 Å². The first-order valence-corrected chi connectivity index (χ1v) is 0.623. The van der Waals surface area contributed by atoms with Gasteiger partial charge in [-0.2, -0.15) is 5.84 Å². The zero-order valence-electron chi connectivity index (χ0n) is 2.25. The molecule has 0 spiro atoms. The Morgan fingerprint density at radius 2 is 1.80 bits per heavy atom. The molecule has 4 nitrogen and oxygen atoms in total. The Kier molecular flexibility index (Phi) is 6.16. The van der Waals surface area contributed by atoms with Gasteiger partial charge in [-0.15, -0.1) is 12.4 Å². The van der Waals surface area contributed by atoms with Crippen LogP contribution in [0.2, 0.25) is 0 Å². The van der Waals surface area contributed by atoms with Gasteiger partial charge < -0.3 is 0 Å². The van der Waals surface area contributed by atoms with Crippen LogP contribution in [0.5, 0.6) is 0 Å². The van der Waals surface area contributed by atoms with Crippen LogP contribution in [0.4, 0.5) is 0 Å². The molecule has 2 N–H and O–H groups in total. The predicted octanol–water partition coefficient (Wildman–Crippen LogP) is -0.441. The molecule has 0 aromatic carbocycles. The van der Waals surface area contributed by atoms with Gasteiger partial charge in [0.15, 0.2) is 5.03 Å². The van der Waals surface area contributed by atoms with E-state index in [1.807, 2.05) is 0 Å². The molecule has 5 heavy (non-hydrogen) atoms. The maximum absolute atomic E-state index is 8.58. The second-order valence-corrected chi connectivity index (χ2v) is 0.285. The molecule has 0 bridgehead atoms. The van der Waals surface area contributed by atoms with Crippen molar-refractivity contribution in [3.05, 3.63) is 10.1 Å². The van der Waals surface area contributed by atoms with Crippen LogP contribution >= 0.6 is 12.4 Å². The molecule has 0 aromatic rings. The minimum atomic E-state index is -1.00. The van der Waals surface area contributed by atoms with Gasteiger partial charge in [-0.3, -0.25) is 0 Å². The van der Waals surface area contributed by atoms with Gasteiger partial charge in [-0.1, -0.05) is 0 Å². The second-order valence-electron chi connectivity index (χ2n) is 0.285. The number of hydrazine groups is 1. The number of nitrogens with zero attached hydrogens (tertiary/aromatic N) is 1. The highest BCUT2D eigenvalue weighted by molar-refractivity contribution is 5.85. The molecule has 0 amide bonds. The minimum Gasteiger partial charge on any atom is -0.235 e. The average molecular weight is 98.5 g/mol. The number of hydrogen-bond acceptors (Lipinski definition) is 2. The predicted molar refractivity (Wildman–Crippen MR) is 18.4 cm³/mol. The molecular weight excluding hydrogens is 95.5 g/mol. The van der Waals surface area contributed by atoms with Gasteiger partial charge in [0.1, 0.15) is 0 Å². The molecule has 32 valence electrons. The van der Waals surface area contributed by atoms with Crippen molar-refractivity contribution in [3.8, 4) is 0 Å². The number of rotatable bonds is 0. The van der Waals surface area contributed by atoms with Gasteiger partial charge in [0, 0.05) is 0 Å². The Labute approximate surface area is 34.5 Å². The van der Waals surface area contributed by atoms with Crippen molar-refractivity contribution in [1.29, 1.82) is 0 Å². The Hall–Kier alpha value is -0.510. The molecule has 0 heterocycles. The highest BCUT2D eigenvalue weighted by atomic mass is 35.5. The molecule has 0 saturated heterocycles. The van der Waals surface area contributed by atoms with E-state index in [0.717, 1.165) is 0 Å². The molecule has 0 radical (unpaired) electrons. The summed E-state index contributed by atoms with van der Waals surface area (Å²) < 4.78 is 0. The molecule has 0 aliphatic rings. The normalized spacial score (nSPS) is 4.80. The summed E-state index contributed by atoms with van der Waals surface area (Å²) in [6, 6.07) is 0. The quantitative estimate of drug-likeness (QED) is 0.254. The van der Waals surface area contributed by atoms with Crippen LogP contribution in [-0.2, 0) is 0 Å². The minimum absolute atomic E-state index is 0. The third-order valence-corrected chi connectivity index (χ3v) is 0. The molecule has 0 aliphatic heterocycles. The van der Waals surface area contributed by atoms with Crippen molar-refractivity contribution in [2.24, 2.45) is 5.84 Å². The highest BCUT2D eigenvalue weighted by Crippen LogP contribution is 1.29. The highest BCUT2D eigenvalue weighted by Gasteiger charge is 1.57. The third-order valence-electron chi connectivity index (χ3n) is 0. The fraction of sp³-hybridized carbons (Fsp3) is 0. The summed E-state index contributed by atoms with van der Waals surface area (Å²) in [7, 11) is 0. The topological polar surface area (TPSA) is 69.2 Å². The summed E-state index contributed by atoms with van der Waals surface area (Å²) in [6.45, 7) is 0. The van der Waals surface area contributed by atoms with E-state index in [-0.39, 0.29) is 12.4 Å². The van der Waals surface area contributed by atoms with Crippen molar-refractivity contribution in [3.63, 3.8) is 0 Å². The van der Waals surface area contributed by atoms with Crippen LogP contribution in [0.3, 0.4) is 0 Å². The van der Waals surface area contributed by atoms with Gasteiger partial charge in [0.2, 0.25) is 0 Å². The van der Waals surface area contributed by atoms with Gasteiger partial charge >= 0.3 is 0 Å². The lowest BCUT2D eigenvalue weighted by Gasteiger charge is -1.61. The van der Waals surface area contributed by atoms with E-state index in [9.17, 15) is 0 Å². The Morgan fingerprint density at radius 1 is 1.80 bits per heavy atom. The Bertz CT molecular complexity index is 30.6. The number of nitro groups is 1. The summed E-state index contributed by atoms with van der Waals surface area (Å²) in [6.07, 6.45) is 0. The van der Waals surface area contributed by atoms with E-state index >= 15 is 0 Å². The molecule has 0 saturated carbocycles. The van der Waals surface area contributed by atoms with Crippen molar-refractivity contribution < 1.29 is 5.03 Å². The van der Waals surface area contributed by atoms with Crippen LogP contribution < -0.4 is 5.84 Å². The molecule has 0 fully saturated rings. The average Bonchev–Trinajstić information content (AvgIpc) is 0.811. The first kappa shape index (κ1) is 8.82. The monoisotopic (exact) mass is 98.0 g/mol. The van der Waals surface area contributed by atoms with Crippen LogP contribution in [0.15, 0.2) is 0 Å². The lowest BCUT2D eigenvalue weighted by atomic mass is 12.8. The zero-order valence-corrected chi connectivity index (χ0v) is 3.07. The van der Waals surface area contributed by atoms with E-state index in [4.69, 9.17) is 10.1 Å². The lowest BCUT2D eigenvalue weighted by Crippen LogP contribution is -2.04. The summed E-state index contributed by atoms with van der Waals surface area (Å²) in [5.41, 5.74) is 0. The van der Waals surface area contributed by atoms with Crippen LogP contribution in [0.1, 0.15) is 0 Å². The fourth-order valence-corrected chi connectivity index (χ4v) is 0. The van der Waals surface area contributed by atoms with E-state index < -0.39 is 5.03 Å². The summed E-state index contributed by atoms with van der Waals surface area (Å²) in [4.78, 5) is 8.58. The standard InChI is InChI=1S/ClH.H2N2O2/c;1-2(3)4/h1H;1H2. The first-order chi connectivity index (χ1) is 1.73. The van der Waals surface area contributed by atoms with Gasteiger partial charge in [-0.25, -0.2) is 10.1 Å². The van der Waals surface area contributed by atoms with E-state index in [0.29, 0.717) is 0 Å². The number of nitrogens with two attached hydrogens (primary N) is 1. The summed E-state index contributed by atoms with van der Waals surface area (Å²) >= 11 is 0. The summed E-state index contributed by atoms with van der Waals surface area (Å²) in [5.74, 6) is 3.83. The Balaban J connectivity index is 0. The second kappa shape index (κ2) is 3.49. The van der Waals surface area contributed by atoms with Crippen molar-refractivity contribution in [2.45, 2.75) is 0 Å². The van der Waals surface area contributed by atoms with Crippen LogP contribution in [0.25, 0.3) is 0 Å². The molecule has 0 unspecified atom stereocenters. The SMILES string of the molecule is Cl.N[N+](=O)[O-]. The molecule has 0 aliphatic carbocycles.